The van der Waals surface area contributed by atoms with Gasteiger partial charge < -0.3 is 19.1 Å². The lowest BCUT2D eigenvalue weighted by Crippen LogP contribution is -2.40. The zero-order valence-electron chi connectivity index (χ0n) is 22.4. The summed E-state index contributed by atoms with van der Waals surface area (Å²) >= 11 is 0. The SMILES string of the molecule is CC(C)(C)OC(=O)N1CC[C@H](OCCCCCc2ccc3c(n2)N(C(=O)OC(C)(C)C)CCC3)C1. The number of pyridine rings is 1. The molecule has 0 spiro atoms. The summed E-state index contributed by atoms with van der Waals surface area (Å²) in [6, 6.07) is 4.19. The van der Waals surface area contributed by atoms with E-state index in [9.17, 15) is 9.59 Å². The van der Waals surface area contributed by atoms with Gasteiger partial charge in [0.2, 0.25) is 0 Å². The summed E-state index contributed by atoms with van der Waals surface area (Å²) in [4.78, 5) is 33.1. The third-order valence-electron chi connectivity index (χ3n) is 5.94. The van der Waals surface area contributed by atoms with Gasteiger partial charge in [0, 0.05) is 25.4 Å². The molecule has 1 atom stereocenters. The molecule has 1 fully saturated rings. The number of ether oxygens (including phenoxy) is 3. The highest BCUT2D eigenvalue weighted by atomic mass is 16.6. The number of carbonyl (C=O) groups excluding carboxylic acids is 2. The van der Waals surface area contributed by atoms with Crippen LogP contribution in [0.5, 0.6) is 0 Å². The van der Waals surface area contributed by atoms with Crippen molar-refractivity contribution < 1.29 is 23.8 Å². The molecule has 0 N–H and O–H groups in total. The van der Waals surface area contributed by atoms with Crippen molar-refractivity contribution in [2.75, 3.05) is 31.1 Å². The standard InChI is InChI=1S/C27H43N3O5/c1-26(2,3)34-24(31)29-17-15-22(19-29)33-18-9-7-8-12-21-14-13-20-11-10-16-30(23(20)28-21)25(32)35-27(4,5)6/h13-14,22H,7-12,15-19H2,1-6H3/t22-/m0/s1. The van der Waals surface area contributed by atoms with Crippen LogP contribution in [0.15, 0.2) is 12.1 Å². The van der Waals surface area contributed by atoms with Crippen molar-refractivity contribution in [2.24, 2.45) is 0 Å². The Bertz CT molecular complexity index is 875. The highest BCUT2D eigenvalue weighted by Gasteiger charge is 2.30. The molecular formula is C27H43N3O5. The van der Waals surface area contributed by atoms with Crippen LogP contribution in [-0.4, -0.2) is 65.6 Å². The maximum absolute atomic E-state index is 12.7. The highest BCUT2D eigenvalue weighted by Crippen LogP contribution is 2.27. The van der Waals surface area contributed by atoms with Crippen LogP contribution in [0.2, 0.25) is 0 Å². The Kier molecular flexibility index (Phi) is 9.02. The fraction of sp³-hybridized carbons (Fsp3) is 0.741. The van der Waals surface area contributed by atoms with Gasteiger partial charge in [-0.25, -0.2) is 14.6 Å². The Morgan fingerprint density at radius 1 is 0.971 bits per heavy atom. The molecule has 8 heteroatoms. The first-order chi connectivity index (χ1) is 16.4. The van der Waals surface area contributed by atoms with Crippen molar-refractivity contribution in [3.05, 3.63) is 23.4 Å². The van der Waals surface area contributed by atoms with Crippen LogP contribution < -0.4 is 4.90 Å². The number of hydrogen-bond acceptors (Lipinski definition) is 6. The second kappa shape index (κ2) is 11.6. The molecule has 0 aliphatic carbocycles. The van der Waals surface area contributed by atoms with Gasteiger partial charge in [-0.1, -0.05) is 12.5 Å². The average molecular weight is 490 g/mol. The van der Waals surface area contributed by atoms with E-state index in [0.29, 0.717) is 26.2 Å². The van der Waals surface area contributed by atoms with E-state index >= 15 is 0 Å². The van der Waals surface area contributed by atoms with Crippen molar-refractivity contribution in [3.8, 4) is 0 Å². The second-order valence-electron chi connectivity index (χ2n) is 11.5. The maximum atomic E-state index is 12.7. The van der Waals surface area contributed by atoms with Crippen molar-refractivity contribution >= 4 is 18.0 Å². The fourth-order valence-corrected chi connectivity index (χ4v) is 4.30. The number of unbranched alkanes of at least 4 members (excludes halogenated alkanes) is 2. The summed E-state index contributed by atoms with van der Waals surface area (Å²) < 4.78 is 17.0. The van der Waals surface area contributed by atoms with Gasteiger partial charge in [0.25, 0.3) is 0 Å². The average Bonchev–Trinajstić information content (AvgIpc) is 3.22. The zero-order valence-corrected chi connectivity index (χ0v) is 22.4. The smallest absolute Gasteiger partial charge is 0.416 e. The van der Waals surface area contributed by atoms with Crippen LogP contribution in [0.4, 0.5) is 15.4 Å². The Balaban J connectivity index is 1.38. The van der Waals surface area contributed by atoms with Gasteiger partial charge in [-0.3, -0.25) is 4.90 Å². The predicted octanol–water partition coefficient (Wildman–Crippen LogP) is 5.51. The summed E-state index contributed by atoms with van der Waals surface area (Å²) in [6.07, 6.45) is 6.10. The highest BCUT2D eigenvalue weighted by molar-refractivity contribution is 5.88. The van der Waals surface area contributed by atoms with E-state index in [1.54, 1.807) is 9.80 Å². The van der Waals surface area contributed by atoms with Gasteiger partial charge in [0.05, 0.1) is 12.6 Å². The molecule has 2 aliphatic rings. The molecule has 8 nitrogen and oxygen atoms in total. The minimum absolute atomic E-state index is 0.0867. The fourth-order valence-electron chi connectivity index (χ4n) is 4.30. The Hall–Kier alpha value is -2.35. The third-order valence-corrected chi connectivity index (χ3v) is 5.94. The Morgan fingerprint density at radius 2 is 1.69 bits per heavy atom. The minimum Gasteiger partial charge on any atom is -0.444 e. The molecule has 196 valence electrons. The number of hydrogen-bond donors (Lipinski definition) is 0. The number of likely N-dealkylation sites (tertiary alicyclic amines) is 1. The van der Waals surface area contributed by atoms with E-state index in [0.717, 1.165) is 62.0 Å². The number of fused-ring (bicyclic) bond motifs is 1. The summed E-state index contributed by atoms with van der Waals surface area (Å²) in [5.74, 6) is 0.752. The van der Waals surface area contributed by atoms with Crippen molar-refractivity contribution in [1.29, 1.82) is 0 Å². The molecule has 0 aromatic carbocycles. The van der Waals surface area contributed by atoms with Gasteiger partial charge in [0.15, 0.2) is 0 Å². The van der Waals surface area contributed by atoms with Crippen LogP contribution in [0.1, 0.15) is 84.9 Å². The zero-order chi connectivity index (χ0) is 25.6. The number of amides is 2. The molecule has 1 saturated heterocycles. The molecule has 0 saturated carbocycles. The molecule has 1 aromatic rings. The first-order valence-electron chi connectivity index (χ1n) is 13.0. The number of carbonyl (C=O) groups is 2. The molecule has 3 heterocycles. The molecule has 3 rings (SSSR count). The van der Waals surface area contributed by atoms with Crippen LogP contribution >= 0.6 is 0 Å². The third kappa shape index (κ3) is 8.67. The monoisotopic (exact) mass is 489 g/mol. The number of nitrogens with zero attached hydrogens (tertiary/aromatic N) is 3. The molecule has 2 amide bonds. The van der Waals surface area contributed by atoms with Crippen molar-refractivity contribution in [1.82, 2.24) is 9.88 Å². The lowest BCUT2D eigenvalue weighted by atomic mass is 10.0. The van der Waals surface area contributed by atoms with Crippen LogP contribution in [0.25, 0.3) is 0 Å². The van der Waals surface area contributed by atoms with Gasteiger partial charge in [0.1, 0.15) is 17.0 Å². The largest absolute Gasteiger partial charge is 0.444 e. The normalized spacial score (nSPS) is 18.4. The van der Waals surface area contributed by atoms with Gasteiger partial charge in [-0.2, -0.15) is 0 Å². The van der Waals surface area contributed by atoms with Gasteiger partial charge >= 0.3 is 12.2 Å². The van der Waals surface area contributed by atoms with Crippen LogP contribution in [-0.2, 0) is 27.1 Å². The molecule has 2 aliphatic heterocycles. The predicted molar refractivity (Wildman–Crippen MR) is 136 cm³/mol. The summed E-state index contributed by atoms with van der Waals surface area (Å²) in [6.45, 7) is 13.9. The molecule has 0 unspecified atom stereocenters. The van der Waals surface area contributed by atoms with Crippen LogP contribution in [0.3, 0.4) is 0 Å². The molecular weight excluding hydrogens is 446 g/mol. The van der Waals surface area contributed by atoms with E-state index in [1.807, 2.05) is 41.5 Å². The maximum Gasteiger partial charge on any atom is 0.416 e. The van der Waals surface area contributed by atoms with E-state index in [4.69, 9.17) is 19.2 Å². The Morgan fingerprint density at radius 3 is 2.40 bits per heavy atom. The second-order valence-corrected chi connectivity index (χ2v) is 11.5. The summed E-state index contributed by atoms with van der Waals surface area (Å²) in [5.41, 5.74) is 1.11. The van der Waals surface area contributed by atoms with Gasteiger partial charge in [-0.15, -0.1) is 0 Å². The first-order valence-corrected chi connectivity index (χ1v) is 13.0. The van der Waals surface area contributed by atoms with Gasteiger partial charge in [-0.05, 0) is 91.7 Å². The molecule has 35 heavy (non-hydrogen) atoms. The Labute approximate surface area is 210 Å². The summed E-state index contributed by atoms with van der Waals surface area (Å²) in [7, 11) is 0. The van der Waals surface area contributed by atoms with E-state index in [2.05, 4.69) is 12.1 Å². The van der Waals surface area contributed by atoms with E-state index in [1.165, 1.54) is 0 Å². The number of aryl methyl sites for hydroxylation is 2. The summed E-state index contributed by atoms with van der Waals surface area (Å²) in [5, 5.41) is 0. The topological polar surface area (TPSA) is 81.2 Å². The number of aromatic nitrogens is 1. The van der Waals surface area contributed by atoms with E-state index < -0.39 is 11.2 Å². The van der Waals surface area contributed by atoms with Crippen LogP contribution in [0, 0.1) is 0 Å². The quantitative estimate of drug-likeness (QED) is 0.470. The minimum atomic E-state index is -0.527. The number of rotatable bonds is 7. The van der Waals surface area contributed by atoms with Crippen molar-refractivity contribution in [2.45, 2.75) is 104 Å². The molecule has 1 aromatic heterocycles. The lowest BCUT2D eigenvalue weighted by molar-refractivity contribution is 0.0206. The lowest BCUT2D eigenvalue weighted by Gasteiger charge is -2.31. The van der Waals surface area contributed by atoms with E-state index in [-0.39, 0.29) is 18.3 Å². The first kappa shape index (κ1) is 27.2. The molecule has 0 bridgehead atoms. The van der Waals surface area contributed by atoms with Crippen molar-refractivity contribution in [3.63, 3.8) is 0 Å². The molecule has 0 radical (unpaired) electrons. The number of anilines is 1.